The fourth-order valence-corrected chi connectivity index (χ4v) is 3.44. The van der Waals surface area contributed by atoms with Gasteiger partial charge in [-0.2, -0.15) is 0 Å². The lowest BCUT2D eigenvalue weighted by molar-refractivity contribution is -0.357. The van der Waals surface area contributed by atoms with Gasteiger partial charge < -0.3 is 4.74 Å². The number of hydrogen-bond acceptors (Lipinski definition) is 5. The number of benzene rings is 2. The highest BCUT2D eigenvalue weighted by Gasteiger charge is 2.24. The molecule has 0 radical (unpaired) electrons. The van der Waals surface area contributed by atoms with Crippen LogP contribution in [0.2, 0.25) is 0 Å². The van der Waals surface area contributed by atoms with E-state index in [-0.39, 0.29) is 5.56 Å². The highest BCUT2D eigenvalue weighted by molar-refractivity contribution is 6.03. The SMILES string of the molecule is COCCn1c[nH+]c2c(c1=O)c1nc3ccccc3nc1n2/N=C/c1ccccc1. The summed E-state index contributed by atoms with van der Waals surface area (Å²) in [7, 11) is 1.61. The molecule has 0 unspecified atom stereocenters. The summed E-state index contributed by atoms with van der Waals surface area (Å²) in [6, 6.07) is 17.3. The van der Waals surface area contributed by atoms with Crippen molar-refractivity contribution in [2.24, 2.45) is 5.10 Å². The smallest absolute Gasteiger partial charge is 0.322 e. The number of H-pyrrole nitrogens is 1. The average molecular weight is 399 g/mol. The van der Waals surface area contributed by atoms with Crippen molar-refractivity contribution in [1.29, 1.82) is 0 Å². The Kier molecular flexibility index (Phi) is 4.53. The van der Waals surface area contributed by atoms with Crippen LogP contribution in [0.4, 0.5) is 0 Å². The minimum atomic E-state index is -0.163. The zero-order chi connectivity index (χ0) is 20.5. The summed E-state index contributed by atoms with van der Waals surface area (Å²) in [5.74, 6) is 0. The van der Waals surface area contributed by atoms with E-state index in [1.807, 2.05) is 54.6 Å². The third-order valence-corrected chi connectivity index (χ3v) is 4.93. The molecule has 8 heteroatoms. The lowest BCUT2D eigenvalue weighted by Crippen LogP contribution is -2.28. The highest BCUT2D eigenvalue weighted by Crippen LogP contribution is 2.23. The van der Waals surface area contributed by atoms with E-state index in [9.17, 15) is 4.79 Å². The van der Waals surface area contributed by atoms with Crippen molar-refractivity contribution < 1.29 is 9.72 Å². The average Bonchev–Trinajstić information content (AvgIpc) is 3.09. The molecule has 0 spiro atoms. The molecular weight excluding hydrogens is 380 g/mol. The van der Waals surface area contributed by atoms with Crippen molar-refractivity contribution in [3.8, 4) is 0 Å². The molecule has 0 aliphatic rings. The summed E-state index contributed by atoms with van der Waals surface area (Å²) in [5.41, 5.74) is 3.83. The van der Waals surface area contributed by atoms with Gasteiger partial charge in [-0.15, -0.1) is 9.78 Å². The van der Waals surface area contributed by atoms with Crippen LogP contribution in [0.25, 0.3) is 33.2 Å². The zero-order valence-electron chi connectivity index (χ0n) is 16.3. The largest absolute Gasteiger partial charge is 0.381 e. The predicted molar refractivity (Wildman–Crippen MR) is 115 cm³/mol. The van der Waals surface area contributed by atoms with Gasteiger partial charge in [0.05, 0.1) is 30.4 Å². The number of nitrogens with zero attached hydrogens (tertiary/aromatic N) is 5. The van der Waals surface area contributed by atoms with Crippen molar-refractivity contribution >= 4 is 39.4 Å². The van der Waals surface area contributed by atoms with Crippen LogP contribution in [-0.2, 0) is 11.3 Å². The van der Waals surface area contributed by atoms with E-state index < -0.39 is 0 Å². The Morgan fingerprint density at radius 2 is 1.80 bits per heavy atom. The van der Waals surface area contributed by atoms with E-state index in [1.165, 1.54) is 0 Å². The molecule has 0 fully saturated rings. The van der Waals surface area contributed by atoms with E-state index in [4.69, 9.17) is 14.7 Å². The van der Waals surface area contributed by atoms with Crippen LogP contribution in [0, 0.1) is 0 Å². The van der Waals surface area contributed by atoms with E-state index in [1.54, 1.807) is 28.9 Å². The van der Waals surface area contributed by atoms with E-state index in [0.29, 0.717) is 35.3 Å². The molecule has 3 heterocycles. The molecule has 3 aromatic heterocycles. The Morgan fingerprint density at radius 3 is 2.57 bits per heavy atom. The molecule has 0 bridgehead atoms. The summed E-state index contributed by atoms with van der Waals surface area (Å²) < 4.78 is 8.34. The number of para-hydroxylation sites is 2. The Labute approximate surface area is 171 Å². The molecule has 0 aliphatic heterocycles. The van der Waals surface area contributed by atoms with Crippen LogP contribution in [0.1, 0.15) is 5.56 Å². The number of hydrogen-bond donors (Lipinski definition) is 0. The Bertz CT molecular complexity index is 1450. The van der Waals surface area contributed by atoms with Crippen molar-refractivity contribution in [3.05, 3.63) is 76.8 Å². The molecule has 0 aliphatic carbocycles. The van der Waals surface area contributed by atoms with Gasteiger partial charge in [-0.25, -0.2) is 24.3 Å². The summed E-state index contributed by atoms with van der Waals surface area (Å²) in [6.07, 6.45) is 3.37. The van der Waals surface area contributed by atoms with Gasteiger partial charge in [0.2, 0.25) is 5.65 Å². The number of aromatic amines is 1. The molecule has 0 amide bonds. The lowest BCUT2D eigenvalue weighted by atomic mass is 10.2. The highest BCUT2D eigenvalue weighted by atomic mass is 16.5. The first-order valence-corrected chi connectivity index (χ1v) is 9.56. The fraction of sp³-hybridized carbons (Fsp3) is 0.136. The molecular formula is C22H19N6O2+. The second-order valence-corrected chi connectivity index (χ2v) is 6.84. The van der Waals surface area contributed by atoms with Crippen LogP contribution in [0.15, 0.2) is 70.8 Å². The Balaban J connectivity index is 1.82. The molecule has 0 atom stereocenters. The maximum atomic E-state index is 13.2. The molecule has 148 valence electrons. The molecule has 2 aromatic carbocycles. The van der Waals surface area contributed by atoms with Gasteiger partial charge in [0.1, 0.15) is 5.52 Å². The first kappa shape index (κ1) is 18.1. The number of ether oxygens (including phenoxy) is 1. The minimum Gasteiger partial charge on any atom is -0.381 e. The number of aromatic nitrogens is 5. The second kappa shape index (κ2) is 7.49. The van der Waals surface area contributed by atoms with Crippen LogP contribution in [0.3, 0.4) is 0 Å². The van der Waals surface area contributed by atoms with Crippen molar-refractivity contribution in [2.45, 2.75) is 6.54 Å². The summed E-state index contributed by atoms with van der Waals surface area (Å²) in [4.78, 5) is 25.9. The van der Waals surface area contributed by atoms with Crippen molar-refractivity contribution in [3.63, 3.8) is 0 Å². The normalized spacial score (nSPS) is 11.9. The zero-order valence-corrected chi connectivity index (χ0v) is 16.3. The van der Waals surface area contributed by atoms with Crippen molar-refractivity contribution in [2.75, 3.05) is 13.7 Å². The third-order valence-electron chi connectivity index (χ3n) is 4.93. The van der Waals surface area contributed by atoms with Crippen LogP contribution < -0.4 is 10.5 Å². The Morgan fingerprint density at radius 1 is 1.07 bits per heavy atom. The van der Waals surface area contributed by atoms with Crippen LogP contribution >= 0.6 is 0 Å². The molecule has 8 nitrogen and oxygen atoms in total. The Hall–Kier alpha value is -3.91. The summed E-state index contributed by atoms with van der Waals surface area (Å²) in [6.45, 7) is 0.863. The summed E-state index contributed by atoms with van der Waals surface area (Å²) in [5, 5.41) is 5.07. The van der Waals surface area contributed by atoms with E-state index in [2.05, 4.69) is 10.1 Å². The number of methoxy groups -OCH3 is 1. The van der Waals surface area contributed by atoms with Gasteiger partial charge in [0.25, 0.3) is 5.65 Å². The van der Waals surface area contributed by atoms with Crippen LogP contribution in [0.5, 0.6) is 0 Å². The van der Waals surface area contributed by atoms with Gasteiger partial charge in [0.15, 0.2) is 11.7 Å². The van der Waals surface area contributed by atoms with E-state index in [0.717, 1.165) is 16.6 Å². The lowest BCUT2D eigenvalue weighted by Gasteiger charge is -1.99. The number of fused-ring (bicyclic) bond motifs is 4. The number of rotatable bonds is 5. The molecule has 5 rings (SSSR count). The first-order chi connectivity index (χ1) is 14.8. The minimum absolute atomic E-state index is 0.163. The monoisotopic (exact) mass is 399 g/mol. The third kappa shape index (κ3) is 3.03. The molecule has 5 aromatic rings. The van der Waals surface area contributed by atoms with Crippen LogP contribution in [-0.4, -0.2) is 39.1 Å². The van der Waals surface area contributed by atoms with Crippen molar-refractivity contribution in [1.82, 2.24) is 19.2 Å². The van der Waals surface area contributed by atoms with E-state index >= 15 is 0 Å². The molecule has 0 saturated heterocycles. The maximum Gasteiger partial charge on any atom is 0.322 e. The quantitative estimate of drug-likeness (QED) is 0.424. The first-order valence-electron chi connectivity index (χ1n) is 9.56. The maximum absolute atomic E-state index is 13.2. The fourth-order valence-electron chi connectivity index (χ4n) is 3.44. The standard InChI is InChI=1S/C22H18N6O2/c1-30-12-11-27-14-23-20-18(22(27)29)19-21(26-17-10-6-5-9-16(17)25-19)28(20)24-13-15-7-3-2-4-8-15/h2-10,13-14H,11-12H2,1H3/p+1/b24-13+. The second-order valence-electron chi connectivity index (χ2n) is 6.84. The van der Waals surface area contributed by atoms with Gasteiger partial charge in [-0.3, -0.25) is 0 Å². The number of nitrogens with one attached hydrogen (secondary N) is 1. The molecule has 0 saturated carbocycles. The molecule has 30 heavy (non-hydrogen) atoms. The molecule has 1 N–H and O–H groups in total. The van der Waals surface area contributed by atoms with Gasteiger partial charge >= 0.3 is 5.56 Å². The summed E-state index contributed by atoms with van der Waals surface area (Å²) >= 11 is 0. The predicted octanol–water partition coefficient (Wildman–Crippen LogP) is 2.24. The van der Waals surface area contributed by atoms with Gasteiger partial charge in [0, 0.05) is 7.11 Å². The van der Waals surface area contributed by atoms with Gasteiger partial charge in [-0.1, -0.05) is 42.5 Å². The topological polar surface area (TPSA) is 88.4 Å². The van der Waals surface area contributed by atoms with Gasteiger partial charge in [-0.05, 0) is 17.7 Å².